The number of aromatic nitrogens is 3. The Labute approximate surface area is 316 Å². The quantitative estimate of drug-likeness (QED) is 0.267. The summed E-state index contributed by atoms with van der Waals surface area (Å²) in [5, 5.41) is 12.7. The molecule has 0 bridgehead atoms. The van der Waals surface area contributed by atoms with Crippen LogP contribution in [-0.4, -0.2) is 113 Å². The largest absolute Gasteiger partial charge is 0.491 e. The first kappa shape index (κ1) is 37.3. The lowest BCUT2D eigenvalue weighted by Crippen LogP contribution is -2.57. The molecule has 1 unspecified atom stereocenters. The zero-order chi connectivity index (χ0) is 37.4. The van der Waals surface area contributed by atoms with Gasteiger partial charge in [-0.05, 0) is 55.6 Å². The van der Waals surface area contributed by atoms with Gasteiger partial charge in [-0.1, -0.05) is 48.8 Å². The van der Waals surface area contributed by atoms with Gasteiger partial charge in [-0.25, -0.2) is 9.78 Å². The summed E-state index contributed by atoms with van der Waals surface area (Å²) in [6, 6.07) is 3.22. The standard InChI is InChI=1S/C36H46ClN7O8S/c1-19-41-42-35(53-19)52-28-17-27(24-5-6-26(29(37)30(24)39-28)49-12-9-43-7-10-48-11-8-43)50-23-16-25(32(38)45)44(18-23)33(46)31(36(2,3)4)40-34(47)51-22-14-20-13-21(20)15-22/h5-6,17,20-23,25,31H,7-16,18H2,1-4H3,(H2,38,45)(H,40,47)/t20-,21+,22+,23?,25-,31+/m0/s1. The fourth-order valence-corrected chi connectivity index (χ4v) is 8.22. The van der Waals surface area contributed by atoms with Gasteiger partial charge in [-0.2, -0.15) is 0 Å². The van der Waals surface area contributed by atoms with E-state index in [9.17, 15) is 14.4 Å². The topological polar surface area (TPSA) is 181 Å². The van der Waals surface area contributed by atoms with E-state index >= 15 is 0 Å². The van der Waals surface area contributed by atoms with E-state index in [2.05, 4.69) is 25.4 Å². The Balaban J connectivity index is 1.11. The molecule has 2 saturated carbocycles. The van der Waals surface area contributed by atoms with E-state index in [0.717, 1.165) is 25.9 Å². The molecule has 4 heterocycles. The molecular formula is C36H46ClN7O8S. The third-order valence-electron chi connectivity index (χ3n) is 10.3. The second kappa shape index (κ2) is 15.4. The molecule has 3 amide bonds. The Morgan fingerprint density at radius 2 is 1.83 bits per heavy atom. The number of rotatable bonds is 12. The van der Waals surface area contributed by atoms with Crippen molar-refractivity contribution >= 4 is 51.7 Å². The van der Waals surface area contributed by atoms with Gasteiger partial charge in [0.05, 0.1) is 19.8 Å². The summed E-state index contributed by atoms with van der Waals surface area (Å²) >= 11 is 8.18. The number of fused-ring (bicyclic) bond motifs is 2. The van der Waals surface area contributed by atoms with Crippen LogP contribution in [0, 0.1) is 24.2 Å². The van der Waals surface area contributed by atoms with Crippen LogP contribution in [-0.2, 0) is 19.1 Å². The van der Waals surface area contributed by atoms with Crippen LogP contribution < -0.4 is 25.3 Å². The van der Waals surface area contributed by atoms with Crippen LogP contribution in [0.4, 0.5) is 4.79 Å². The number of morpholine rings is 1. The minimum atomic E-state index is -0.982. The summed E-state index contributed by atoms with van der Waals surface area (Å²) in [6.07, 6.45) is 1.58. The number of carbonyl (C=O) groups excluding carboxylic acids is 3. The number of amides is 3. The summed E-state index contributed by atoms with van der Waals surface area (Å²) in [4.78, 5) is 48.3. The molecule has 2 saturated heterocycles. The first-order valence-electron chi connectivity index (χ1n) is 18.1. The normalized spacial score (nSPS) is 24.8. The van der Waals surface area contributed by atoms with Gasteiger partial charge in [0.2, 0.25) is 17.7 Å². The van der Waals surface area contributed by atoms with Gasteiger partial charge in [0, 0.05) is 37.5 Å². The predicted molar refractivity (Wildman–Crippen MR) is 195 cm³/mol. The molecule has 15 nitrogen and oxygen atoms in total. The van der Waals surface area contributed by atoms with Gasteiger partial charge in [-0.3, -0.25) is 14.5 Å². The van der Waals surface area contributed by atoms with Crippen molar-refractivity contribution in [3.63, 3.8) is 0 Å². The summed E-state index contributed by atoms with van der Waals surface area (Å²) in [7, 11) is 0. The second-order valence-electron chi connectivity index (χ2n) is 15.3. The molecule has 4 fully saturated rings. The van der Waals surface area contributed by atoms with Crippen molar-refractivity contribution in [1.29, 1.82) is 0 Å². The smallest absolute Gasteiger partial charge is 0.408 e. The molecule has 3 aromatic rings. The number of primary amides is 1. The monoisotopic (exact) mass is 771 g/mol. The van der Waals surface area contributed by atoms with E-state index in [0.29, 0.717) is 65.6 Å². The molecule has 0 spiro atoms. The van der Waals surface area contributed by atoms with E-state index < -0.39 is 41.5 Å². The number of alkyl carbamates (subject to hydrolysis) is 1. The molecule has 53 heavy (non-hydrogen) atoms. The maximum absolute atomic E-state index is 14.2. The fourth-order valence-electron chi connectivity index (χ4n) is 7.42. The van der Waals surface area contributed by atoms with Crippen LogP contribution in [0.3, 0.4) is 0 Å². The van der Waals surface area contributed by atoms with Crippen molar-refractivity contribution in [2.75, 3.05) is 46.0 Å². The van der Waals surface area contributed by atoms with Gasteiger partial charge in [0.25, 0.3) is 0 Å². The molecular weight excluding hydrogens is 726 g/mol. The summed E-state index contributed by atoms with van der Waals surface area (Å²) in [6.45, 7) is 11.6. The number of aryl methyl sites for hydroxylation is 1. The van der Waals surface area contributed by atoms with Gasteiger partial charge >= 0.3 is 11.3 Å². The molecule has 2 aromatic heterocycles. The molecule has 6 atom stereocenters. The van der Waals surface area contributed by atoms with Crippen LogP contribution in [0.1, 0.15) is 51.5 Å². The number of nitrogens with one attached hydrogen (secondary N) is 1. The van der Waals surface area contributed by atoms with Gasteiger partial charge in [0.1, 0.15) is 57.9 Å². The molecule has 3 N–H and O–H groups in total. The van der Waals surface area contributed by atoms with Crippen molar-refractivity contribution in [3.8, 4) is 22.6 Å². The summed E-state index contributed by atoms with van der Waals surface area (Å²) < 4.78 is 29.8. The third kappa shape index (κ3) is 8.71. The maximum atomic E-state index is 14.2. The number of carbonyl (C=O) groups is 3. The summed E-state index contributed by atoms with van der Waals surface area (Å²) in [5.74, 6) is 1.11. The number of halogens is 1. The van der Waals surface area contributed by atoms with E-state index in [1.54, 1.807) is 18.2 Å². The van der Waals surface area contributed by atoms with E-state index in [1.165, 1.54) is 22.7 Å². The van der Waals surface area contributed by atoms with Crippen LogP contribution in [0.15, 0.2) is 18.2 Å². The molecule has 4 aliphatic rings. The second-order valence-corrected chi connectivity index (χ2v) is 16.8. The Bertz CT molecular complexity index is 1840. The van der Waals surface area contributed by atoms with Crippen LogP contribution in [0.25, 0.3) is 10.9 Å². The Morgan fingerprint density at radius 1 is 1.08 bits per heavy atom. The fraction of sp³-hybridized carbons (Fsp3) is 0.611. The third-order valence-corrected chi connectivity index (χ3v) is 11.4. The van der Waals surface area contributed by atoms with Crippen LogP contribution in [0.2, 0.25) is 5.02 Å². The van der Waals surface area contributed by atoms with Gasteiger partial charge in [0.15, 0.2) is 0 Å². The van der Waals surface area contributed by atoms with Crippen molar-refractivity contribution in [1.82, 2.24) is 30.3 Å². The Kier molecular flexibility index (Phi) is 10.8. The lowest BCUT2D eigenvalue weighted by atomic mass is 9.85. The number of nitrogens with two attached hydrogens (primary N) is 1. The predicted octanol–water partition coefficient (Wildman–Crippen LogP) is 4.32. The molecule has 2 aliphatic carbocycles. The highest BCUT2D eigenvalue weighted by molar-refractivity contribution is 7.13. The molecule has 286 valence electrons. The molecule has 0 radical (unpaired) electrons. The van der Waals surface area contributed by atoms with E-state index in [-0.39, 0.29) is 35.2 Å². The number of hydrogen-bond donors (Lipinski definition) is 2. The average Bonchev–Trinajstić information content (AvgIpc) is 3.39. The van der Waals surface area contributed by atoms with Crippen molar-refractivity contribution < 1.29 is 38.1 Å². The number of benzene rings is 1. The minimum Gasteiger partial charge on any atom is -0.491 e. The Hall–Kier alpha value is -3.99. The van der Waals surface area contributed by atoms with Gasteiger partial charge in [-0.15, -0.1) is 5.10 Å². The highest BCUT2D eigenvalue weighted by atomic mass is 35.5. The number of hydrogen-bond acceptors (Lipinski definition) is 13. The number of ether oxygens (including phenoxy) is 5. The van der Waals surface area contributed by atoms with Crippen molar-refractivity contribution in [2.24, 2.45) is 23.0 Å². The number of pyridine rings is 1. The zero-order valence-electron chi connectivity index (χ0n) is 30.3. The first-order valence-corrected chi connectivity index (χ1v) is 19.3. The lowest BCUT2D eigenvalue weighted by molar-refractivity contribution is -0.141. The van der Waals surface area contributed by atoms with E-state index in [1.807, 2.05) is 27.7 Å². The summed E-state index contributed by atoms with van der Waals surface area (Å²) in [5.41, 5.74) is 5.53. The van der Waals surface area contributed by atoms with Gasteiger partial charge < -0.3 is 39.6 Å². The Morgan fingerprint density at radius 3 is 2.51 bits per heavy atom. The number of likely N-dealkylation sites (tertiary alicyclic amines) is 1. The first-order chi connectivity index (χ1) is 25.3. The molecule has 17 heteroatoms. The maximum Gasteiger partial charge on any atom is 0.408 e. The molecule has 2 aliphatic heterocycles. The van der Waals surface area contributed by atoms with Crippen molar-refractivity contribution in [3.05, 3.63) is 28.2 Å². The van der Waals surface area contributed by atoms with Crippen molar-refractivity contribution in [2.45, 2.75) is 77.7 Å². The van der Waals surface area contributed by atoms with Crippen LogP contribution in [0.5, 0.6) is 22.6 Å². The number of nitrogens with zero attached hydrogens (tertiary/aromatic N) is 5. The highest BCUT2D eigenvalue weighted by Gasteiger charge is 2.48. The SMILES string of the molecule is Cc1nnc(Oc2cc(OC3C[C@@H](C(N)=O)N(C(=O)[C@@H](NC(=O)O[C@@H]4C[C@@H]5C[C@@H]5C4)C(C)(C)C)C3)c3ccc(OCCN4CCOCC4)c(Cl)c3n2)s1. The highest BCUT2D eigenvalue weighted by Crippen LogP contribution is 2.52. The lowest BCUT2D eigenvalue weighted by Gasteiger charge is -2.35. The molecule has 1 aromatic carbocycles. The zero-order valence-corrected chi connectivity index (χ0v) is 31.9. The average molecular weight is 772 g/mol. The van der Waals surface area contributed by atoms with Crippen LogP contribution >= 0.6 is 22.9 Å². The molecule has 7 rings (SSSR count). The minimum absolute atomic E-state index is 0.0355. The van der Waals surface area contributed by atoms with E-state index in [4.69, 9.17) is 41.0 Å².